The molecule has 1 unspecified atom stereocenters. The van der Waals surface area contributed by atoms with Gasteiger partial charge in [-0.25, -0.2) is 0 Å². The first-order valence-corrected chi connectivity index (χ1v) is 8.67. The molecule has 21 heavy (non-hydrogen) atoms. The van der Waals surface area contributed by atoms with Crippen LogP contribution in [-0.2, 0) is 14.0 Å². The van der Waals surface area contributed by atoms with Gasteiger partial charge in [0, 0.05) is 13.7 Å². The lowest BCUT2D eigenvalue weighted by Crippen LogP contribution is -2.49. The Labute approximate surface area is 126 Å². The Morgan fingerprint density at radius 3 is 1.90 bits per heavy atom. The fourth-order valence-electron chi connectivity index (χ4n) is 2.66. The standard InChI is InChI=1S/C13H29O7P/c1-9(2)13(10(3)4,21(16,17)18)20-12(6-7-14)11(15)8-19-5/h9-12,14-15H,6-8H2,1-5H3,(H2,16,17,18)/t11-,12?/m0/s1. The summed E-state index contributed by atoms with van der Waals surface area (Å²) >= 11 is 0. The fourth-order valence-corrected chi connectivity index (χ4v) is 4.28. The van der Waals surface area contributed by atoms with Crippen LogP contribution in [0.4, 0.5) is 0 Å². The zero-order chi connectivity index (χ0) is 16.8. The van der Waals surface area contributed by atoms with E-state index in [1.165, 1.54) is 7.11 Å². The van der Waals surface area contributed by atoms with Crippen LogP contribution in [0.5, 0.6) is 0 Å². The van der Waals surface area contributed by atoms with E-state index in [9.17, 15) is 19.5 Å². The summed E-state index contributed by atoms with van der Waals surface area (Å²) in [5.74, 6) is -0.955. The van der Waals surface area contributed by atoms with E-state index in [1.54, 1.807) is 27.7 Å². The van der Waals surface area contributed by atoms with Crippen LogP contribution >= 0.6 is 7.60 Å². The molecule has 2 atom stereocenters. The molecule has 7 nitrogen and oxygen atoms in total. The van der Waals surface area contributed by atoms with E-state index in [4.69, 9.17) is 14.6 Å². The van der Waals surface area contributed by atoms with Crippen molar-refractivity contribution in [1.82, 2.24) is 0 Å². The molecule has 0 bridgehead atoms. The van der Waals surface area contributed by atoms with Crippen molar-refractivity contribution in [2.75, 3.05) is 20.3 Å². The highest BCUT2D eigenvalue weighted by molar-refractivity contribution is 7.53. The summed E-state index contributed by atoms with van der Waals surface area (Å²) in [6.45, 7) is 6.35. The molecule has 0 heterocycles. The molecule has 8 heteroatoms. The molecule has 0 aromatic carbocycles. The molecule has 0 aliphatic carbocycles. The van der Waals surface area contributed by atoms with Crippen LogP contribution in [0.2, 0.25) is 0 Å². The van der Waals surface area contributed by atoms with Crippen molar-refractivity contribution in [3.63, 3.8) is 0 Å². The van der Waals surface area contributed by atoms with E-state index in [0.717, 1.165) is 0 Å². The zero-order valence-corrected chi connectivity index (χ0v) is 14.3. The smallest absolute Gasteiger partial charge is 0.357 e. The minimum absolute atomic E-state index is 0.0436. The van der Waals surface area contributed by atoms with Gasteiger partial charge in [0.1, 0.15) is 6.10 Å². The van der Waals surface area contributed by atoms with Gasteiger partial charge >= 0.3 is 7.60 Å². The van der Waals surface area contributed by atoms with Gasteiger partial charge in [-0.05, 0) is 18.3 Å². The normalized spacial score (nSPS) is 16.5. The highest BCUT2D eigenvalue weighted by atomic mass is 31.2. The molecule has 0 amide bonds. The third-order valence-electron chi connectivity index (χ3n) is 3.63. The van der Waals surface area contributed by atoms with Gasteiger partial charge in [0.15, 0.2) is 5.34 Å². The van der Waals surface area contributed by atoms with Gasteiger partial charge in [-0.3, -0.25) is 4.57 Å². The Kier molecular flexibility index (Phi) is 8.57. The van der Waals surface area contributed by atoms with Gasteiger partial charge in [-0.15, -0.1) is 0 Å². The van der Waals surface area contributed by atoms with Crippen LogP contribution in [0.25, 0.3) is 0 Å². The third kappa shape index (κ3) is 4.99. The highest BCUT2D eigenvalue weighted by Gasteiger charge is 2.55. The van der Waals surface area contributed by atoms with Crippen LogP contribution in [0.15, 0.2) is 0 Å². The molecule has 0 fully saturated rings. The van der Waals surface area contributed by atoms with Gasteiger partial charge in [0.25, 0.3) is 0 Å². The first kappa shape index (κ1) is 21.0. The summed E-state index contributed by atoms with van der Waals surface area (Å²) in [7, 11) is -3.21. The molecule has 0 aliphatic heterocycles. The lowest BCUT2D eigenvalue weighted by Gasteiger charge is -2.44. The number of aliphatic hydroxyl groups is 2. The van der Waals surface area contributed by atoms with Gasteiger partial charge in [-0.1, -0.05) is 27.7 Å². The summed E-state index contributed by atoms with van der Waals surface area (Å²) in [4.78, 5) is 19.6. The van der Waals surface area contributed by atoms with E-state index in [0.29, 0.717) is 0 Å². The Balaban J connectivity index is 5.57. The van der Waals surface area contributed by atoms with Crippen LogP contribution in [0.3, 0.4) is 0 Å². The molecule has 4 N–H and O–H groups in total. The lowest BCUT2D eigenvalue weighted by molar-refractivity contribution is -0.155. The van der Waals surface area contributed by atoms with E-state index in [2.05, 4.69) is 0 Å². The molecule has 0 aliphatic rings. The van der Waals surface area contributed by atoms with Crippen LogP contribution in [0.1, 0.15) is 34.1 Å². The number of ether oxygens (including phenoxy) is 2. The Hall–Kier alpha value is -0.0100. The maximum Gasteiger partial charge on any atom is 0.357 e. The Bertz CT molecular complexity index is 331. The summed E-state index contributed by atoms with van der Waals surface area (Å²) in [5, 5.41) is 17.4. The second-order valence-electron chi connectivity index (χ2n) is 5.80. The number of hydrogen-bond donors (Lipinski definition) is 4. The highest BCUT2D eigenvalue weighted by Crippen LogP contribution is 2.59. The molecule has 0 aromatic heterocycles. The molecule has 128 valence electrons. The van der Waals surface area contributed by atoms with Crippen molar-refractivity contribution in [1.29, 1.82) is 0 Å². The summed E-state index contributed by atoms with van der Waals surface area (Å²) in [5.41, 5.74) is 0. The molecule has 0 saturated carbocycles. The van der Waals surface area contributed by atoms with Gasteiger partial charge < -0.3 is 29.5 Å². The van der Waals surface area contributed by atoms with Crippen LogP contribution in [-0.4, -0.2) is 57.9 Å². The summed E-state index contributed by atoms with van der Waals surface area (Å²) in [6.07, 6.45) is -1.94. The second-order valence-corrected chi connectivity index (χ2v) is 7.58. The van der Waals surface area contributed by atoms with Crippen LogP contribution < -0.4 is 0 Å². The predicted molar refractivity (Wildman–Crippen MR) is 78.9 cm³/mol. The fraction of sp³-hybridized carbons (Fsp3) is 1.00. The van der Waals surface area contributed by atoms with Crippen LogP contribution in [0, 0.1) is 11.8 Å². The molecule has 0 aromatic rings. The predicted octanol–water partition coefficient (Wildman–Crippen LogP) is 0.947. The summed E-state index contributed by atoms with van der Waals surface area (Å²) in [6, 6.07) is 0. The van der Waals surface area contributed by atoms with Crippen molar-refractivity contribution >= 4 is 7.60 Å². The SMILES string of the molecule is COC[C@H](O)C(CCO)OC(C(C)C)(C(C)C)P(=O)(O)O. The molecular formula is C13H29O7P. The van der Waals surface area contributed by atoms with Crippen molar-refractivity contribution in [2.45, 2.75) is 51.7 Å². The molecular weight excluding hydrogens is 299 g/mol. The van der Waals surface area contributed by atoms with E-state index < -0.39 is 37.0 Å². The van der Waals surface area contributed by atoms with E-state index >= 15 is 0 Å². The van der Waals surface area contributed by atoms with Crippen molar-refractivity contribution in [2.24, 2.45) is 11.8 Å². The zero-order valence-electron chi connectivity index (χ0n) is 13.4. The number of aliphatic hydroxyl groups excluding tert-OH is 2. The first-order chi connectivity index (χ1) is 9.54. The van der Waals surface area contributed by atoms with Crippen molar-refractivity contribution < 1.29 is 34.0 Å². The average molecular weight is 328 g/mol. The molecule has 0 rings (SSSR count). The molecule has 0 radical (unpaired) electrons. The Morgan fingerprint density at radius 1 is 1.14 bits per heavy atom. The van der Waals surface area contributed by atoms with E-state index in [1.807, 2.05) is 0 Å². The third-order valence-corrected chi connectivity index (χ3v) is 5.68. The minimum Gasteiger partial charge on any atom is -0.396 e. The number of rotatable bonds is 10. The average Bonchev–Trinajstić information content (AvgIpc) is 2.31. The monoisotopic (exact) mass is 328 g/mol. The van der Waals surface area contributed by atoms with Crippen molar-refractivity contribution in [3.05, 3.63) is 0 Å². The van der Waals surface area contributed by atoms with E-state index in [-0.39, 0.29) is 19.6 Å². The van der Waals surface area contributed by atoms with Crippen molar-refractivity contribution in [3.8, 4) is 0 Å². The largest absolute Gasteiger partial charge is 0.396 e. The van der Waals surface area contributed by atoms with Gasteiger partial charge in [0.2, 0.25) is 0 Å². The molecule has 0 saturated heterocycles. The quantitative estimate of drug-likeness (QED) is 0.441. The first-order valence-electron chi connectivity index (χ1n) is 7.05. The van der Waals surface area contributed by atoms with Gasteiger partial charge in [0.05, 0.1) is 12.7 Å². The lowest BCUT2D eigenvalue weighted by atomic mass is 9.94. The maximum atomic E-state index is 12.1. The van der Waals surface area contributed by atoms with Gasteiger partial charge in [-0.2, -0.15) is 0 Å². The Morgan fingerprint density at radius 2 is 1.62 bits per heavy atom. The second kappa shape index (κ2) is 8.58. The molecule has 0 spiro atoms. The topological polar surface area (TPSA) is 116 Å². The maximum absolute atomic E-state index is 12.1. The number of hydrogen-bond acceptors (Lipinski definition) is 5. The minimum atomic E-state index is -4.61. The summed E-state index contributed by atoms with van der Waals surface area (Å²) < 4.78 is 22.6. The number of methoxy groups -OCH3 is 1.